The summed E-state index contributed by atoms with van der Waals surface area (Å²) in [5.41, 5.74) is 1.19. The minimum atomic E-state index is -3.63. The molecule has 0 saturated carbocycles. The van der Waals surface area contributed by atoms with Crippen LogP contribution in [0.25, 0.3) is 0 Å². The van der Waals surface area contributed by atoms with Crippen LogP contribution in [0, 0.1) is 5.41 Å². The second-order valence-corrected chi connectivity index (χ2v) is 11.2. The summed E-state index contributed by atoms with van der Waals surface area (Å²) in [4.78, 5) is 13.9. The largest absolute Gasteiger partial charge is 0.478 e. The van der Waals surface area contributed by atoms with Gasteiger partial charge in [0.2, 0.25) is 0 Å². The van der Waals surface area contributed by atoms with Crippen molar-refractivity contribution in [2.24, 2.45) is 5.41 Å². The molecule has 1 aliphatic rings. The van der Waals surface area contributed by atoms with Gasteiger partial charge in [-0.05, 0) is 37.3 Å². The number of anilines is 2. The van der Waals surface area contributed by atoms with Crippen LogP contribution in [0.2, 0.25) is 0 Å². The lowest BCUT2D eigenvalue weighted by molar-refractivity contribution is -0.131. The number of thioether (sulfide) groups is 1. The van der Waals surface area contributed by atoms with Crippen LogP contribution in [0.4, 0.5) is 11.4 Å². The van der Waals surface area contributed by atoms with Crippen LogP contribution in [-0.4, -0.2) is 38.0 Å². The standard InChI is InChI=1S/C25H31NO5S2/c1-4-6-13-25(5-2)17-26(19-10-8-7-9-11-19)20-15-22(32-3)21(31-14-12-24(27)28)16-23(20)33(29,30)18-25/h7-12,14-16H,4-6,13,17-18H2,1-3H3,(H,27,28)/b14-12+/t25-/m0/s1. The first-order valence-electron chi connectivity index (χ1n) is 11.1. The monoisotopic (exact) mass is 489 g/mol. The van der Waals surface area contributed by atoms with Crippen LogP contribution in [0.3, 0.4) is 0 Å². The van der Waals surface area contributed by atoms with Gasteiger partial charge in [-0.1, -0.05) is 44.9 Å². The molecule has 0 saturated heterocycles. The van der Waals surface area contributed by atoms with Crippen LogP contribution < -0.4 is 9.64 Å². The normalized spacial score (nSPS) is 19.8. The number of hydrogen-bond acceptors (Lipinski definition) is 6. The second kappa shape index (κ2) is 10.7. The van der Waals surface area contributed by atoms with Crippen molar-refractivity contribution in [1.29, 1.82) is 0 Å². The van der Waals surface area contributed by atoms with Gasteiger partial charge in [-0.15, -0.1) is 11.8 Å². The number of aliphatic carboxylic acids is 1. The third kappa shape index (κ3) is 5.73. The summed E-state index contributed by atoms with van der Waals surface area (Å²) in [6.07, 6.45) is 7.38. The second-order valence-electron chi connectivity index (χ2n) is 8.37. The Morgan fingerprint density at radius 1 is 1.24 bits per heavy atom. The fourth-order valence-corrected chi connectivity index (χ4v) is 7.00. The van der Waals surface area contributed by atoms with Gasteiger partial charge in [0.05, 0.1) is 33.6 Å². The van der Waals surface area contributed by atoms with Crippen LogP contribution in [-0.2, 0) is 14.6 Å². The molecule has 1 N–H and O–H groups in total. The zero-order valence-electron chi connectivity index (χ0n) is 19.3. The molecule has 0 bridgehead atoms. The van der Waals surface area contributed by atoms with Crippen molar-refractivity contribution in [3.05, 3.63) is 54.8 Å². The van der Waals surface area contributed by atoms with Crippen LogP contribution in [0.5, 0.6) is 5.75 Å². The highest BCUT2D eigenvalue weighted by atomic mass is 32.2. The van der Waals surface area contributed by atoms with Gasteiger partial charge < -0.3 is 14.7 Å². The predicted molar refractivity (Wildman–Crippen MR) is 133 cm³/mol. The van der Waals surface area contributed by atoms with Gasteiger partial charge in [0.25, 0.3) is 0 Å². The van der Waals surface area contributed by atoms with E-state index in [1.807, 2.05) is 42.7 Å². The number of para-hydroxylation sites is 1. The Balaban J connectivity index is 2.22. The summed E-state index contributed by atoms with van der Waals surface area (Å²) in [5.74, 6) is -0.745. The molecule has 1 atom stereocenters. The first kappa shape index (κ1) is 25.2. The van der Waals surface area contributed by atoms with E-state index >= 15 is 0 Å². The first-order valence-corrected chi connectivity index (χ1v) is 14.0. The molecule has 0 aliphatic carbocycles. The molecule has 0 radical (unpaired) electrons. The maximum atomic E-state index is 13.7. The molecular formula is C25H31NO5S2. The fraction of sp³-hybridized carbons (Fsp3) is 0.400. The Morgan fingerprint density at radius 3 is 2.58 bits per heavy atom. The van der Waals surface area contributed by atoms with E-state index in [9.17, 15) is 13.2 Å². The average Bonchev–Trinajstić information content (AvgIpc) is 2.90. The van der Waals surface area contributed by atoms with Gasteiger partial charge in [0.1, 0.15) is 5.75 Å². The number of hydrogen-bond donors (Lipinski definition) is 1. The summed E-state index contributed by atoms with van der Waals surface area (Å²) >= 11 is 1.42. The Morgan fingerprint density at radius 2 is 1.97 bits per heavy atom. The molecule has 0 amide bonds. The summed E-state index contributed by atoms with van der Waals surface area (Å²) in [7, 11) is -3.63. The van der Waals surface area contributed by atoms with E-state index < -0.39 is 15.8 Å². The molecule has 178 valence electrons. The number of carboxylic acid groups (broad SMARTS) is 1. The van der Waals surface area contributed by atoms with Gasteiger partial charge in [-0.3, -0.25) is 0 Å². The molecule has 0 aromatic heterocycles. The smallest absolute Gasteiger partial charge is 0.331 e. The third-order valence-corrected chi connectivity index (χ3v) is 8.89. The van der Waals surface area contributed by atoms with Crippen molar-refractivity contribution in [1.82, 2.24) is 0 Å². The fourth-order valence-electron chi connectivity index (χ4n) is 4.29. The van der Waals surface area contributed by atoms with Gasteiger partial charge in [-0.25, -0.2) is 13.2 Å². The number of carboxylic acids is 1. The summed E-state index contributed by atoms with van der Waals surface area (Å²) < 4.78 is 33.0. The van der Waals surface area contributed by atoms with Crippen molar-refractivity contribution in [3.63, 3.8) is 0 Å². The van der Waals surface area contributed by atoms with Crippen molar-refractivity contribution >= 4 is 38.9 Å². The minimum absolute atomic E-state index is 0.0653. The van der Waals surface area contributed by atoms with Crippen molar-refractivity contribution in [2.75, 3.05) is 23.5 Å². The van der Waals surface area contributed by atoms with E-state index in [-0.39, 0.29) is 16.1 Å². The maximum Gasteiger partial charge on any atom is 0.331 e. The molecule has 2 aromatic rings. The molecule has 1 aliphatic heterocycles. The lowest BCUT2D eigenvalue weighted by Gasteiger charge is -2.36. The molecule has 6 nitrogen and oxygen atoms in total. The molecule has 33 heavy (non-hydrogen) atoms. The molecular weight excluding hydrogens is 458 g/mol. The number of carbonyl (C=O) groups is 1. The van der Waals surface area contributed by atoms with Gasteiger partial charge in [-0.2, -0.15) is 0 Å². The highest BCUT2D eigenvalue weighted by Gasteiger charge is 2.41. The number of fused-ring (bicyclic) bond motifs is 1. The van der Waals surface area contributed by atoms with Crippen LogP contribution in [0.1, 0.15) is 39.5 Å². The van der Waals surface area contributed by atoms with Gasteiger partial charge >= 0.3 is 5.97 Å². The SMILES string of the molecule is CCCC[C@@]1(CC)CN(c2ccccc2)c2cc(SC)c(O/C=C/C(=O)O)cc2S(=O)(=O)C1. The number of benzene rings is 2. The van der Waals surface area contributed by atoms with Gasteiger partial charge in [0, 0.05) is 23.7 Å². The van der Waals surface area contributed by atoms with E-state index in [2.05, 4.69) is 18.7 Å². The number of sulfone groups is 1. The molecule has 0 fully saturated rings. The molecule has 0 unspecified atom stereocenters. The highest BCUT2D eigenvalue weighted by Crippen LogP contribution is 2.47. The maximum absolute atomic E-state index is 13.7. The van der Waals surface area contributed by atoms with E-state index in [0.717, 1.165) is 48.6 Å². The Hall–Kier alpha value is -2.45. The topological polar surface area (TPSA) is 83.9 Å². The van der Waals surface area contributed by atoms with Crippen LogP contribution in [0.15, 0.2) is 64.6 Å². The van der Waals surface area contributed by atoms with E-state index in [1.54, 1.807) is 6.07 Å². The molecule has 8 heteroatoms. The lowest BCUT2D eigenvalue weighted by atomic mass is 9.81. The number of rotatable bonds is 9. The Kier molecular flexibility index (Phi) is 8.13. The molecule has 3 rings (SSSR count). The first-order chi connectivity index (χ1) is 15.7. The zero-order valence-corrected chi connectivity index (χ0v) is 20.9. The summed E-state index contributed by atoms with van der Waals surface area (Å²) in [6, 6.07) is 13.3. The zero-order chi connectivity index (χ0) is 24.1. The van der Waals surface area contributed by atoms with Crippen molar-refractivity contribution in [3.8, 4) is 5.75 Å². The average molecular weight is 490 g/mol. The highest BCUT2D eigenvalue weighted by molar-refractivity contribution is 7.98. The summed E-state index contributed by atoms with van der Waals surface area (Å²) in [5, 5.41) is 8.87. The predicted octanol–water partition coefficient (Wildman–Crippen LogP) is 5.90. The number of nitrogens with zero attached hydrogens (tertiary/aromatic N) is 1. The molecule has 1 heterocycles. The number of ether oxygens (including phenoxy) is 1. The van der Waals surface area contributed by atoms with E-state index in [1.165, 1.54) is 11.8 Å². The van der Waals surface area contributed by atoms with Crippen molar-refractivity contribution < 1.29 is 23.1 Å². The van der Waals surface area contributed by atoms with Gasteiger partial charge in [0.15, 0.2) is 9.84 Å². The molecule has 2 aromatic carbocycles. The quantitative estimate of drug-likeness (QED) is 0.267. The van der Waals surface area contributed by atoms with Crippen molar-refractivity contribution in [2.45, 2.75) is 49.3 Å². The Labute approximate surface area is 200 Å². The number of unbranched alkanes of at least 4 members (excludes halogenated alkanes) is 1. The van der Waals surface area contributed by atoms with E-state index in [4.69, 9.17) is 9.84 Å². The molecule has 0 spiro atoms. The van der Waals surface area contributed by atoms with E-state index in [0.29, 0.717) is 18.0 Å². The van der Waals surface area contributed by atoms with Crippen LogP contribution >= 0.6 is 11.8 Å². The lowest BCUT2D eigenvalue weighted by Crippen LogP contribution is -2.37. The summed E-state index contributed by atoms with van der Waals surface area (Å²) in [6.45, 7) is 4.80. The third-order valence-electron chi connectivity index (χ3n) is 6.14. The Bertz CT molecular complexity index is 1120. The minimum Gasteiger partial charge on any atom is -0.478 e.